The van der Waals surface area contributed by atoms with Gasteiger partial charge in [-0.25, -0.2) is 9.78 Å². The Morgan fingerprint density at radius 1 is 1.17 bits per heavy atom. The lowest BCUT2D eigenvalue weighted by Crippen LogP contribution is -2.42. The highest BCUT2D eigenvalue weighted by Gasteiger charge is 2.23. The maximum absolute atomic E-state index is 12.4. The summed E-state index contributed by atoms with van der Waals surface area (Å²) in [6.45, 7) is 1.76. The lowest BCUT2D eigenvalue weighted by atomic mass is 10.1. The fraction of sp³-hybridized carbons (Fsp3) is 0.333. The van der Waals surface area contributed by atoms with Gasteiger partial charge >= 0.3 is 5.97 Å². The number of amides is 1. The number of aromatic nitrogens is 1. The van der Waals surface area contributed by atoms with E-state index < -0.39 is 17.9 Å². The van der Waals surface area contributed by atoms with Crippen molar-refractivity contribution in [1.29, 1.82) is 0 Å². The van der Waals surface area contributed by atoms with E-state index in [0.717, 1.165) is 5.39 Å². The Labute approximate surface area is 140 Å². The van der Waals surface area contributed by atoms with E-state index in [1.807, 2.05) is 24.3 Å². The van der Waals surface area contributed by atoms with E-state index in [-0.39, 0.29) is 24.3 Å². The summed E-state index contributed by atoms with van der Waals surface area (Å²) in [6.07, 6.45) is 0.814. The number of hydrogen-bond donors (Lipinski definition) is 1. The van der Waals surface area contributed by atoms with Crippen LogP contribution in [0.3, 0.4) is 0 Å². The highest BCUT2D eigenvalue weighted by atomic mass is 16.5. The fourth-order valence-corrected chi connectivity index (χ4v) is 2.30. The van der Waals surface area contributed by atoms with Crippen molar-refractivity contribution in [3.8, 4) is 0 Å². The third-order valence-corrected chi connectivity index (χ3v) is 3.73. The van der Waals surface area contributed by atoms with Gasteiger partial charge in [0, 0.05) is 18.2 Å². The van der Waals surface area contributed by atoms with Crippen LogP contribution in [0.15, 0.2) is 36.4 Å². The molecular formula is C18H20N2O4. The number of fused-ring (bicyclic) bond motifs is 1. The molecule has 6 nitrogen and oxygen atoms in total. The lowest BCUT2D eigenvalue weighted by molar-refractivity contribution is -0.143. The first-order chi connectivity index (χ1) is 11.5. The van der Waals surface area contributed by atoms with E-state index in [1.54, 1.807) is 19.1 Å². The summed E-state index contributed by atoms with van der Waals surface area (Å²) in [5.74, 6) is -1.02. The fourth-order valence-electron chi connectivity index (χ4n) is 2.30. The van der Waals surface area contributed by atoms with Gasteiger partial charge in [-0.1, -0.05) is 31.2 Å². The van der Waals surface area contributed by atoms with Crippen LogP contribution >= 0.6 is 0 Å². The second-order valence-corrected chi connectivity index (χ2v) is 5.37. The molecule has 1 aromatic carbocycles. The van der Waals surface area contributed by atoms with Crippen molar-refractivity contribution in [3.05, 3.63) is 42.1 Å². The van der Waals surface area contributed by atoms with E-state index in [1.165, 1.54) is 7.11 Å². The Balaban J connectivity index is 2.12. The highest BCUT2D eigenvalue weighted by molar-refractivity contribution is 5.97. The number of esters is 1. The monoisotopic (exact) mass is 328 g/mol. The molecule has 0 fully saturated rings. The van der Waals surface area contributed by atoms with Gasteiger partial charge in [0.05, 0.1) is 12.6 Å². The number of nitrogens with one attached hydrogen (secondary N) is 1. The normalized spacial score (nSPS) is 11.8. The van der Waals surface area contributed by atoms with Gasteiger partial charge in [-0.15, -0.1) is 0 Å². The third-order valence-electron chi connectivity index (χ3n) is 3.73. The number of pyridine rings is 1. The van der Waals surface area contributed by atoms with Crippen molar-refractivity contribution in [2.45, 2.75) is 32.2 Å². The quantitative estimate of drug-likeness (QED) is 0.788. The van der Waals surface area contributed by atoms with Gasteiger partial charge in [0.1, 0.15) is 17.5 Å². The maximum atomic E-state index is 12.4. The van der Waals surface area contributed by atoms with Gasteiger partial charge in [0.25, 0.3) is 5.91 Å². The Bertz CT molecular complexity index is 758. The zero-order valence-electron chi connectivity index (χ0n) is 13.7. The minimum Gasteiger partial charge on any atom is -0.467 e. The Kier molecular flexibility index (Phi) is 6.01. The number of hydrogen-bond acceptors (Lipinski definition) is 5. The summed E-state index contributed by atoms with van der Waals surface area (Å²) < 4.78 is 4.70. The zero-order chi connectivity index (χ0) is 17.5. The molecule has 0 spiro atoms. The summed E-state index contributed by atoms with van der Waals surface area (Å²) in [5.41, 5.74) is 0.908. The molecule has 126 valence electrons. The number of carbonyl (C=O) groups excluding carboxylic acids is 3. The van der Waals surface area contributed by atoms with Crippen molar-refractivity contribution < 1.29 is 19.1 Å². The molecule has 0 aliphatic rings. The number of benzene rings is 1. The number of ketones is 1. The SMILES string of the molecule is CCC(=O)CC[C@@H](NC(=O)c1ccc2ccccc2n1)C(=O)OC. The molecule has 6 heteroatoms. The first-order valence-corrected chi connectivity index (χ1v) is 7.81. The summed E-state index contributed by atoms with van der Waals surface area (Å²) in [7, 11) is 1.25. The van der Waals surface area contributed by atoms with E-state index in [2.05, 4.69) is 10.3 Å². The number of carbonyl (C=O) groups is 3. The molecule has 1 amide bonds. The van der Waals surface area contributed by atoms with Gasteiger partial charge in [0.15, 0.2) is 0 Å². The minimum atomic E-state index is -0.869. The Morgan fingerprint density at radius 2 is 1.92 bits per heavy atom. The van der Waals surface area contributed by atoms with Crippen LogP contribution in [0.2, 0.25) is 0 Å². The Morgan fingerprint density at radius 3 is 2.62 bits per heavy atom. The molecule has 24 heavy (non-hydrogen) atoms. The van der Waals surface area contributed by atoms with Crippen molar-refractivity contribution in [3.63, 3.8) is 0 Å². The molecule has 0 bridgehead atoms. The highest BCUT2D eigenvalue weighted by Crippen LogP contribution is 2.12. The largest absolute Gasteiger partial charge is 0.467 e. The Hall–Kier alpha value is -2.76. The number of ether oxygens (including phenoxy) is 1. The standard InChI is InChI=1S/C18H20N2O4/c1-3-13(21)9-11-16(18(23)24-2)20-17(22)15-10-8-12-6-4-5-7-14(12)19-15/h4-8,10,16H,3,9,11H2,1-2H3,(H,20,22)/t16-/m1/s1. The van der Waals surface area contributed by atoms with Crippen LogP contribution in [-0.4, -0.2) is 35.8 Å². The molecule has 2 aromatic rings. The number of para-hydroxylation sites is 1. The van der Waals surface area contributed by atoms with Crippen LogP contribution < -0.4 is 5.32 Å². The van der Waals surface area contributed by atoms with E-state index in [4.69, 9.17) is 4.74 Å². The van der Waals surface area contributed by atoms with Crippen LogP contribution in [0.25, 0.3) is 10.9 Å². The number of Topliss-reactive ketones (excluding diaryl/α,β-unsaturated/α-hetero) is 1. The van der Waals surface area contributed by atoms with Crippen LogP contribution in [0.4, 0.5) is 0 Å². The molecule has 0 radical (unpaired) electrons. The van der Waals surface area contributed by atoms with E-state index in [9.17, 15) is 14.4 Å². The lowest BCUT2D eigenvalue weighted by Gasteiger charge is -2.16. The van der Waals surface area contributed by atoms with Crippen molar-refractivity contribution >= 4 is 28.6 Å². The molecule has 1 atom stereocenters. The minimum absolute atomic E-state index is 0.0296. The zero-order valence-corrected chi connectivity index (χ0v) is 13.7. The molecule has 1 heterocycles. The second kappa shape index (κ2) is 8.19. The summed E-state index contributed by atoms with van der Waals surface area (Å²) in [5, 5.41) is 3.52. The van der Waals surface area contributed by atoms with Gasteiger partial charge < -0.3 is 10.1 Å². The molecule has 0 saturated carbocycles. The van der Waals surface area contributed by atoms with Crippen LogP contribution in [0.5, 0.6) is 0 Å². The smallest absolute Gasteiger partial charge is 0.328 e. The molecule has 0 aliphatic heterocycles. The number of nitrogens with zero attached hydrogens (tertiary/aromatic N) is 1. The first-order valence-electron chi connectivity index (χ1n) is 7.81. The molecule has 0 unspecified atom stereocenters. The average molecular weight is 328 g/mol. The topological polar surface area (TPSA) is 85.4 Å². The van der Waals surface area contributed by atoms with Gasteiger partial charge in [-0.05, 0) is 18.6 Å². The summed E-state index contributed by atoms with van der Waals surface area (Å²) in [6, 6.07) is 9.97. The van der Waals surface area contributed by atoms with E-state index >= 15 is 0 Å². The van der Waals surface area contributed by atoms with Gasteiger partial charge in [-0.2, -0.15) is 0 Å². The van der Waals surface area contributed by atoms with Crippen molar-refractivity contribution in [2.24, 2.45) is 0 Å². The molecule has 2 rings (SSSR count). The predicted molar refractivity (Wildman–Crippen MR) is 89.5 cm³/mol. The molecule has 1 N–H and O–H groups in total. The van der Waals surface area contributed by atoms with Gasteiger partial charge in [-0.3, -0.25) is 9.59 Å². The van der Waals surface area contributed by atoms with E-state index in [0.29, 0.717) is 11.9 Å². The summed E-state index contributed by atoms with van der Waals surface area (Å²) in [4.78, 5) is 39.9. The predicted octanol–water partition coefficient (Wildman–Crippen LogP) is 2.27. The van der Waals surface area contributed by atoms with Crippen LogP contribution in [0, 0.1) is 0 Å². The van der Waals surface area contributed by atoms with Gasteiger partial charge in [0.2, 0.25) is 0 Å². The average Bonchev–Trinajstić information content (AvgIpc) is 2.63. The molecule has 0 aliphatic carbocycles. The molecule has 1 aromatic heterocycles. The van der Waals surface area contributed by atoms with Crippen LogP contribution in [-0.2, 0) is 14.3 Å². The summed E-state index contributed by atoms with van der Waals surface area (Å²) >= 11 is 0. The van der Waals surface area contributed by atoms with Crippen LogP contribution in [0.1, 0.15) is 36.7 Å². The molecular weight excluding hydrogens is 308 g/mol. The third kappa shape index (κ3) is 4.38. The molecule has 0 saturated heterocycles. The van der Waals surface area contributed by atoms with Crippen molar-refractivity contribution in [2.75, 3.05) is 7.11 Å². The second-order valence-electron chi connectivity index (χ2n) is 5.37. The first kappa shape index (κ1) is 17.6. The number of rotatable bonds is 7. The maximum Gasteiger partial charge on any atom is 0.328 e. The van der Waals surface area contributed by atoms with Crippen molar-refractivity contribution in [1.82, 2.24) is 10.3 Å². The number of methoxy groups -OCH3 is 1.